The fraction of sp³-hybridized carbons (Fsp3) is 0.294. The standard InChI is InChI=1S/C17H19Cl2NO2S/c1-11-7-8-14(12(2)9-11)13(3)20-23(21,22)10-15-16(18)5-4-6-17(15)19/h4-9,13,20H,10H2,1-3H3/t13-/m0/s1. The van der Waals surface area contributed by atoms with E-state index in [9.17, 15) is 8.42 Å². The monoisotopic (exact) mass is 371 g/mol. The Bertz CT molecular complexity index is 799. The summed E-state index contributed by atoms with van der Waals surface area (Å²) in [7, 11) is -3.57. The first kappa shape index (κ1) is 18.3. The molecule has 0 saturated carbocycles. The van der Waals surface area contributed by atoms with Crippen molar-refractivity contribution in [1.29, 1.82) is 0 Å². The smallest absolute Gasteiger partial charge is 0.212 e. The molecule has 0 aliphatic carbocycles. The van der Waals surface area contributed by atoms with E-state index in [1.54, 1.807) is 18.2 Å². The van der Waals surface area contributed by atoms with Crippen LogP contribution in [-0.2, 0) is 15.8 Å². The lowest BCUT2D eigenvalue weighted by Crippen LogP contribution is -2.28. The highest BCUT2D eigenvalue weighted by atomic mass is 35.5. The van der Waals surface area contributed by atoms with Crippen molar-refractivity contribution < 1.29 is 8.42 Å². The molecule has 0 heterocycles. The molecule has 1 atom stereocenters. The van der Waals surface area contributed by atoms with Gasteiger partial charge in [-0.3, -0.25) is 0 Å². The Morgan fingerprint density at radius 3 is 2.26 bits per heavy atom. The molecule has 0 aromatic heterocycles. The van der Waals surface area contributed by atoms with Gasteiger partial charge in [0.15, 0.2) is 0 Å². The molecule has 0 amide bonds. The zero-order chi connectivity index (χ0) is 17.2. The lowest BCUT2D eigenvalue weighted by molar-refractivity contribution is 0.565. The molecule has 0 radical (unpaired) electrons. The van der Waals surface area contributed by atoms with Crippen LogP contribution in [0.1, 0.15) is 35.2 Å². The van der Waals surface area contributed by atoms with Crippen LogP contribution in [0.15, 0.2) is 36.4 Å². The van der Waals surface area contributed by atoms with E-state index in [4.69, 9.17) is 23.2 Å². The van der Waals surface area contributed by atoms with Gasteiger partial charge >= 0.3 is 0 Å². The van der Waals surface area contributed by atoms with Crippen LogP contribution in [0.25, 0.3) is 0 Å². The maximum atomic E-state index is 12.4. The molecule has 3 nitrogen and oxygen atoms in total. The van der Waals surface area contributed by atoms with Gasteiger partial charge in [0.05, 0.1) is 5.75 Å². The van der Waals surface area contributed by atoms with Crippen molar-refractivity contribution in [2.24, 2.45) is 0 Å². The third-order valence-electron chi connectivity index (χ3n) is 3.64. The van der Waals surface area contributed by atoms with E-state index in [2.05, 4.69) is 4.72 Å². The molecule has 1 N–H and O–H groups in total. The summed E-state index contributed by atoms with van der Waals surface area (Å²) in [6, 6.07) is 10.6. The van der Waals surface area contributed by atoms with E-state index in [0.717, 1.165) is 16.7 Å². The minimum Gasteiger partial charge on any atom is -0.212 e. The Balaban J connectivity index is 2.21. The molecular formula is C17H19Cl2NO2S. The van der Waals surface area contributed by atoms with Gasteiger partial charge in [-0.25, -0.2) is 13.1 Å². The Labute approximate surface area is 147 Å². The SMILES string of the molecule is Cc1ccc([C@H](C)NS(=O)(=O)Cc2c(Cl)cccc2Cl)c(C)c1. The molecule has 6 heteroatoms. The molecule has 2 aromatic carbocycles. The first-order valence-electron chi connectivity index (χ1n) is 7.19. The van der Waals surface area contributed by atoms with Crippen LogP contribution in [0.4, 0.5) is 0 Å². The van der Waals surface area contributed by atoms with Crippen LogP contribution in [0, 0.1) is 13.8 Å². The molecule has 2 rings (SSSR count). The van der Waals surface area contributed by atoms with Crippen LogP contribution < -0.4 is 4.72 Å². The Morgan fingerprint density at radius 1 is 1.09 bits per heavy atom. The van der Waals surface area contributed by atoms with E-state index in [1.165, 1.54) is 0 Å². The predicted molar refractivity (Wildman–Crippen MR) is 96.6 cm³/mol. The number of rotatable bonds is 5. The van der Waals surface area contributed by atoms with E-state index >= 15 is 0 Å². The minimum absolute atomic E-state index is 0.249. The summed E-state index contributed by atoms with van der Waals surface area (Å²) in [6.45, 7) is 5.80. The van der Waals surface area contributed by atoms with Crippen LogP contribution in [0.5, 0.6) is 0 Å². The molecule has 2 aromatic rings. The van der Waals surface area contributed by atoms with Crippen molar-refractivity contribution in [1.82, 2.24) is 4.72 Å². The lowest BCUT2D eigenvalue weighted by atomic mass is 10.0. The van der Waals surface area contributed by atoms with Crippen molar-refractivity contribution in [2.75, 3.05) is 0 Å². The third kappa shape index (κ3) is 4.70. The zero-order valence-electron chi connectivity index (χ0n) is 13.2. The number of hydrogen-bond acceptors (Lipinski definition) is 2. The zero-order valence-corrected chi connectivity index (χ0v) is 15.6. The van der Waals surface area contributed by atoms with Crippen molar-refractivity contribution in [3.63, 3.8) is 0 Å². The number of halogens is 2. The van der Waals surface area contributed by atoms with Crippen LogP contribution in [0.3, 0.4) is 0 Å². The van der Waals surface area contributed by atoms with E-state index in [0.29, 0.717) is 15.6 Å². The highest BCUT2D eigenvalue weighted by Crippen LogP contribution is 2.27. The number of sulfonamides is 1. The van der Waals surface area contributed by atoms with E-state index < -0.39 is 10.0 Å². The van der Waals surface area contributed by atoms with Gasteiger partial charge in [0.1, 0.15) is 0 Å². The topological polar surface area (TPSA) is 46.2 Å². The van der Waals surface area contributed by atoms with Gasteiger partial charge < -0.3 is 0 Å². The lowest BCUT2D eigenvalue weighted by Gasteiger charge is -2.18. The van der Waals surface area contributed by atoms with E-state index in [-0.39, 0.29) is 11.8 Å². The fourth-order valence-electron chi connectivity index (χ4n) is 2.55. The van der Waals surface area contributed by atoms with Gasteiger partial charge in [0, 0.05) is 21.7 Å². The van der Waals surface area contributed by atoms with Crippen LogP contribution in [-0.4, -0.2) is 8.42 Å². The number of benzene rings is 2. The number of aryl methyl sites for hydroxylation is 2. The summed E-state index contributed by atoms with van der Waals surface area (Å²) in [4.78, 5) is 0. The maximum absolute atomic E-state index is 12.4. The van der Waals surface area contributed by atoms with Crippen LogP contribution in [0.2, 0.25) is 10.0 Å². The van der Waals surface area contributed by atoms with Crippen LogP contribution >= 0.6 is 23.2 Å². The third-order valence-corrected chi connectivity index (χ3v) is 5.73. The van der Waals surface area contributed by atoms with Crippen molar-refractivity contribution in [3.05, 3.63) is 68.7 Å². The number of nitrogens with one attached hydrogen (secondary N) is 1. The van der Waals surface area contributed by atoms with Crippen molar-refractivity contribution in [3.8, 4) is 0 Å². The summed E-state index contributed by atoms with van der Waals surface area (Å²) in [5.74, 6) is -0.249. The Morgan fingerprint density at radius 2 is 1.70 bits per heavy atom. The molecule has 23 heavy (non-hydrogen) atoms. The molecule has 0 saturated heterocycles. The Kier molecular flexibility index (Phi) is 5.74. The first-order valence-corrected chi connectivity index (χ1v) is 9.60. The van der Waals surface area contributed by atoms with Gasteiger partial charge in [-0.2, -0.15) is 0 Å². The summed E-state index contributed by atoms with van der Waals surface area (Å²) >= 11 is 12.1. The second-order valence-corrected chi connectivity index (χ2v) is 8.23. The van der Waals surface area contributed by atoms with Gasteiger partial charge in [-0.05, 0) is 44.0 Å². The molecule has 124 valence electrons. The van der Waals surface area contributed by atoms with Gasteiger partial charge in [0.2, 0.25) is 10.0 Å². The quantitative estimate of drug-likeness (QED) is 0.820. The van der Waals surface area contributed by atoms with Gasteiger partial charge in [0.25, 0.3) is 0 Å². The molecule has 0 bridgehead atoms. The van der Waals surface area contributed by atoms with Gasteiger partial charge in [-0.15, -0.1) is 0 Å². The van der Waals surface area contributed by atoms with E-state index in [1.807, 2.05) is 39.0 Å². The highest BCUT2D eigenvalue weighted by molar-refractivity contribution is 7.88. The maximum Gasteiger partial charge on any atom is 0.216 e. The summed E-state index contributed by atoms with van der Waals surface area (Å²) in [6.07, 6.45) is 0. The molecule has 0 unspecified atom stereocenters. The summed E-state index contributed by atoms with van der Waals surface area (Å²) in [5.41, 5.74) is 3.56. The van der Waals surface area contributed by atoms with Crippen molar-refractivity contribution >= 4 is 33.2 Å². The molecule has 0 aliphatic rings. The minimum atomic E-state index is -3.57. The fourth-order valence-corrected chi connectivity index (χ4v) is 4.68. The van der Waals surface area contributed by atoms with Crippen molar-refractivity contribution in [2.45, 2.75) is 32.6 Å². The average molecular weight is 372 g/mol. The number of hydrogen-bond donors (Lipinski definition) is 1. The molecule has 0 fully saturated rings. The predicted octanol–water partition coefficient (Wildman–Crippen LogP) is 4.79. The molecule has 0 aliphatic heterocycles. The molecular weight excluding hydrogens is 353 g/mol. The largest absolute Gasteiger partial charge is 0.216 e. The summed E-state index contributed by atoms with van der Waals surface area (Å²) < 4.78 is 27.6. The summed E-state index contributed by atoms with van der Waals surface area (Å²) in [5, 5.41) is 0.698. The second-order valence-electron chi connectivity index (χ2n) is 5.66. The first-order chi connectivity index (χ1) is 10.7. The molecule has 0 spiro atoms. The highest BCUT2D eigenvalue weighted by Gasteiger charge is 2.20. The Hall–Kier alpha value is -1.07. The van der Waals surface area contributed by atoms with Gasteiger partial charge in [-0.1, -0.05) is 53.0 Å². The average Bonchev–Trinajstić information content (AvgIpc) is 2.42. The second kappa shape index (κ2) is 7.22. The normalized spacial score (nSPS) is 13.1.